The number of nitrogens with zero attached hydrogens (tertiary/aromatic N) is 1. The number of aromatic amines is 1. The maximum atomic E-state index is 5.91. The number of aromatic nitrogens is 2. The summed E-state index contributed by atoms with van der Waals surface area (Å²) in [5.41, 5.74) is 8.47. The minimum Gasteiger partial charge on any atom is -0.382 e. The second-order valence-electron chi connectivity index (χ2n) is 4.93. The molecule has 1 fully saturated rings. The fraction of sp³-hybridized carbons (Fsp3) is 0.750. The molecule has 0 radical (unpaired) electrons. The second kappa shape index (κ2) is 4.25. The molecule has 0 aromatic carbocycles. The average Bonchev–Trinajstić information content (AvgIpc) is 2.61. The quantitative estimate of drug-likeness (QED) is 0.782. The number of H-pyrrole nitrogens is 1. The highest BCUT2D eigenvalue weighted by molar-refractivity contribution is 5.45. The van der Waals surface area contributed by atoms with Gasteiger partial charge in [-0.15, -0.1) is 0 Å². The third-order valence-corrected chi connectivity index (χ3v) is 3.45. The van der Waals surface area contributed by atoms with Crippen molar-refractivity contribution in [2.45, 2.75) is 57.8 Å². The molecule has 0 spiro atoms. The van der Waals surface area contributed by atoms with Gasteiger partial charge in [0.2, 0.25) is 0 Å². The summed E-state index contributed by atoms with van der Waals surface area (Å²) < 4.78 is 0. The Morgan fingerprint density at radius 2 is 1.93 bits per heavy atom. The minimum absolute atomic E-state index is 0.473. The van der Waals surface area contributed by atoms with Crippen molar-refractivity contribution in [2.75, 3.05) is 5.73 Å². The molecule has 3 heteroatoms. The summed E-state index contributed by atoms with van der Waals surface area (Å²) in [5.74, 6) is 1.84. The molecule has 1 aliphatic carbocycles. The summed E-state index contributed by atoms with van der Waals surface area (Å²) in [4.78, 5) is 0. The SMILES string of the molecule is CC(C)c1c(N)n[nH]c1C1CCCCC1. The Bertz CT molecular complexity index is 322. The molecule has 1 heterocycles. The van der Waals surface area contributed by atoms with Crippen molar-refractivity contribution in [2.24, 2.45) is 0 Å². The first kappa shape index (κ1) is 10.5. The first-order valence-corrected chi connectivity index (χ1v) is 6.03. The second-order valence-corrected chi connectivity index (χ2v) is 4.93. The predicted molar refractivity (Wildman–Crippen MR) is 62.9 cm³/mol. The molecule has 0 aliphatic heterocycles. The van der Waals surface area contributed by atoms with Gasteiger partial charge in [-0.2, -0.15) is 5.10 Å². The molecule has 0 amide bonds. The molecule has 2 rings (SSSR count). The van der Waals surface area contributed by atoms with Gasteiger partial charge in [-0.1, -0.05) is 33.1 Å². The molecule has 1 aromatic rings. The van der Waals surface area contributed by atoms with Gasteiger partial charge in [0.25, 0.3) is 0 Å². The molecule has 1 aromatic heterocycles. The number of rotatable bonds is 2. The van der Waals surface area contributed by atoms with Crippen molar-refractivity contribution in [1.82, 2.24) is 10.2 Å². The van der Waals surface area contributed by atoms with Crippen LogP contribution >= 0.6 is 0 Å². The Morgan fingerprint density at radius 3 is 2.53 bits per heavy atom. The summed E-state index contributed by atoms with van der Waals surface area (Å²) in [6.07, 6.45) is 6.67. The lowest BCUT2D eigenvalue weighted by Gasteiger charge is -2.22. The maximum Gasteiger partial charge on any atom is 0.148 e. The Hall–Kier alpha value is -0.990. The number of anilines is 1. The highest BCUT2D eigenvalue weighted by atomic mass is 15.2. The molecular weight excluding hydrogens is 186 g/mol. The maximum absolute atomic E-state index is 5.91. The Morgan fingerprint density at radius 1 is 1.27 bits per heavy atom. The third-order valence-electron chi connectivity index (χ3n) is 3.45. The fourth-order valence-corrected chi connectivity index (χ4v) is 2.69. The van der Waals surface area contributed by atoms with E-state index < -0.39 is 0 Å². The Labute approximate surface area is 91.4 Å². The minimum atomic E-state index is 0.473. The molecule has 84 valence electrons. The zero-order chi connectivity index (χ0) is 10.8. The van der Waals surface area contributed by atoms with E-state index in [1.165, 1.54) is 43.4 Å². The van der Waals surface area contributed by atoms with Crippen LogP contribution in [0.5, 0.6) is 0 Å². The van der Waals surface area contributed by atoms with E-state index in [1.54, 1.807) is 0 Å². The fourth-order valence-electron chi connectivity index (χ4n) is 2.69. The van der Waals surface area contributed by atoms with E-state index in [9.17, 15) is 0 Å². The van der Waals surface area contributed by atoms with Gasteiger partial charge in [-0.3, -0.25) is 5.10 Å². The molecule has 3 N–H and O–H groups in total. The summed E-state index contributed by atoms with van der Waals surface area (Å²) in [5, 5.41) is 7.32. The Balaban J connectivity index is 2.26. The molecular formula is C12H21N3. The number of nitrogen functional groups attached to an aromatic ring is 1. The van der Waals surface area contributed by atoms with E-state index >= 15 is 0 Å². The van der Waals surface area contributed by atoms with Crippen LogP contribution in [0.15, 0.2) is 0 Å². The van der Waals surface area contributed by atoms with Gasteiger partial charge in [0.1, 0.15) is 5.82 Å². The summed E-state index contributed by atoms with van der Waals surface area (Å²) in [6, 6.07) is 0. The van der Waals surface area contributed by atoms with E-state index in [-0.39, 0.29) is 0 Å². The largest absolute Gasteiger partial charge is 0.382 e. The van der Waals surface area contributed by atoms with Crippen molar-refractivity contribution in [1.29, 1.82) is 0 Å². The average molecular weight is 207 g/mol. The molecule has 0 unspecified atom stereocenters. The standard InChI is InChI=1S/C12H21N3/c1-8(2)10-11(14-15-12(10)13)9-6-4-3-5-7-9/h8-9H,3-7H2,1-2H3,(H3,13,14,15). The van der Waals surface area contributed by atoms with Crippen LogP contribution in [0, 0.1) is 0 Å². The van der Waals surface area contributed by atoms with E-state index in [0.717, 1.165) is 0 Å². The highest BCUT2D eigenvalue weighted by Gasteiger charge is 2.23. The first-order valence-electron chi connectivity index (χ1n) is 6.03. The van der Waals surface area contributed by atoms with Crippen LogP contribution in [0.2, 0.25) is 0 Å². The Kier molecular flexibility index (Phi) is 2.98. The zero-order valence-electron chi connectivity index (χ0n) is 9.71. The van der Waals surface area contributed by atoms with Crippen LogP contribution in [-0.2, 0) is 0 Å². The third kappa shape index (κ3) is 2.01. The van der Waals surface area contributed by atoms with Gasteiger partial charge in [0.15, 0.2) is 0 Å². The van der Waals surface area contributed by atoms with Crippen LogP contribution in [-0.4, -0.2) is 10.2 Å². The van der Waals surface area contributed by atoms with Gasteiger partial charge < -0.3 is 5.73 Å². The van der Waals surface area contributed by atoms with E-state index in [1.807, 2.05) is 0 Å². The molecule has 15 heavy (non-hydrogen) atoms. The summed E-state index contributed by atoms with van der Waals surface area (Å²) in [7, 11) is 0. The van der Waals surface area contributed by atoms with Gasteiger partial charge >= 0.3 is 0 Å². The zero-order valence-corrected chi connectivity index (χ0v) is 9.71. The molecule has 1 aliphatic rings. The van der Waals surface area contributed by atoms with Crippen LogP contribution in [0.25, 0.3) is 0 Å². The van der Waals surface area contributed by atoms with Crippen LogP contribution < -0.4 is 5.73 Å². The topological polar surface area (TPSA) is 54.7 Å². The van der Waals surface area contributed by atoms with Crippen LogP contribution in [0.4, 0.5) is 5.82 Å². The van der Waals surface area contributed by atoms with Crippen LogP contribution in [0.1, 0.15) is 69.0 Å². The summed E-state index contributed by atoms with van der Waals surface area (Å²) in [6.45, 7) is 4.38. The monoisotopic (exact) mass is 207 g/mol. The molecule has 0 atom stereocenters. The predicted octanol–water partition coefficient (Wildman–Crippen LogP) is 3.16. The van der Waals surface area contributed by atoms with E-state index in [0.29, 0.717) is 17.7 Å². The molecule has 1 saturated carbocycles. The molecule has 0 bridgehead atoms. The van der Waals surface area contributed by atoms with Gasteiger partial charge in [0, 0.05) is 17.2 Å². The van der Waals surface area contributed by atoms with Gasteiger partial charge in [0.05, 0.1) is 0 Å². The number of nitrogens with two attached hydrogens (primary N) is 1. The first-order chi connectivity index (χ1) is 7.20. The number of hydrogen-bond acceptors (Lipinski definition) is 2. The molecule has 3 nitrogen and oxygen atoms in total. The van der Waals surface area contributed by atoms with Gasteiger partial charge in [-0.25, -0.2) is 0 Å². The van der Waals surface area contributed by atoms with E-state index in [2.05, 4.69) is 24.0 Å². The van der Waals surface area contributed by atoms with Crippen molar-refractivity contribution in [3.8, 4) is 0 Å². The van der Waals surface area contributed by atoms with E-state index in [4.69, 9.17) is 5.73 Å². The lowest BCUT2D eigenvalue weighted by Crippen LogP contribution is -2.08. The van der Waals surface area contributed by atoms with Crippen molar-refractivity contribution >= 4 is 5.82 Å². The lowest BCUT2D eigenvalue weighted by molar-refractivity contribution is 0.433. The summed E-state index contributed by atoms with van der Waals surface area (Å²) >= 11 is 0. The van der Waals surface area contributed by atoms with Gasteiger partial charge in [-0.05, 0) is 18.8 Å². The number of hydrogen-bond donors (Lipinski definition) is 2. The van der Waals surface area contributed by atoms with Crippen molar-refractivity contribution in [3.05, 3.63) is 11.3 Å². The normalized spacial score (nSPS) is 18.6. The highest BCUT2D eigenvalue weighted by Crippen LogP contribution is 2.37. The smallest absolute Gasteiger partial charge is 0.148 e. The lowest BCUT2D eigenvalue weighted by atomic mass is 9.84. The van der Waals surface area contributed by atoms with Crippen molar-refractivity contribution < 1.29 is 0 Å². The van der Waals surface area contributed by atoms with Crippen LogP contribution in [0.3, 0.4) is 0 Å². The number of nitrogens with one attached hydrogen (secondary N) is 1. The van der Waals surface area contributed by atoms with Crippen molar-refractivity contribution in [3.63, 3.8) is 0 Å². The molecule has 0 saturated heterocycles.